The van der Waals surface area contributed by atoms with Gasteiger partial charge in [0.05, 0.1) is 11.9 Å². The number of nitrogens with zero attached hydrogens (tertiary/aromatic N) is 2. The first kappa shape index (κ1) is 28.5. The molecular weight excluding hydrogens is 566 g/mol. The van der Waals surface area contributed by atoms with E-state index in [0.717, 1.165) is 42.0 Å². The Balaban J connectivity index is 1.72. The van der Waals surface area contributed by atoms with Crippen molar-refractivity contribution in [2.24, 2.45) is 0 Å². The third kappa shape index (κ3) is 8.21. The lowest BCUT2D eigenvalue weighted by Gasteiger charge is -2.30. The van der Waals surface area contributed by atoms with E-state index in [0.29, 0.717) is 17.1 Å². The number of sulfonamides is 1. The molecule has 1 aliphatic carbocycles. The molecule has 0 aliphatic heterocycles. The second kappa shape index (κ2) is 12.9. The number of carbonyl (C=O) groups excluding carboxylic acids is 2. The molecule has 1 aliphatic rings. The Morgan fingerprint density at radius 1 is 1.14 bits per heavy atom. The normalized spacial score (nSPS) is 14.9. The van der Waals surface area contributed by atoms with Gasteiger partial charge in [0.2, 0.25) is 21.8 Å². The summed E-state index contributed by atoms with van der Waals surface area (Å²) in [4.78, 5) is 28.0. The lowest BCUT2D eigenvalue weighted by Crippen LogP contribution is -2.49. The van der Waals surface area contributed by atoms with Crippen LogP contribution >= 0.6 is 27.5 Å². The first-order valence-electron chi connectivity index (χ1n) is 12.1. The SMILES string of the molecule is CC(C(=O)NC1CCCC1)N(Cc1cccc(Br)c1)C(=O)CCCN(c1cccc(Cl)c1)S(C)(=O)=O. The highest BCUT2D eigenvalue weighted by Crippen LogP contribution is 2.23. The first-order chi connectivity index (χ1) is 17.0. The number of benzene rings is 2. The second-order valence-electron chi connectivity index (χ2n) is 9.24. The van der Waals surface area contributed by atoms with E-state index in [-0.39, 0.29) is 37.4 Å². The molecule has 1 N–H and O–H groups in total. The zero-order valence-corrected chi connectivity index (χ0v) is 23.8. The van der Waals surface area contributed by atoms with Crippen LogP contribution in [0.15, 0.2) is 53.0 Å². The van der Waals surface area contributed by atoms with Gasteiger partial charge < -0.3 is 10.2 Å². The van der Waals surface area contributed by atoms with Gasteiger partial charge >= 0.3 is 0 Å². The number of hydrogen-bond donors (Lipinski definition) is 1. The molecule has 1 saturated carbocycles. The molecule has 1 unspecified atom stereocenters. The Hall–Kier alpha value is -2.10. The Kier molecular flexibility index (Phi) is 10.2. The minimum Gasteiger partial charge on any atom is -0.352 e. The van der Waals surface area contributed by atoms with Gasteiger partial charge in [-0.2, -0.15) is 0 Å². The molecule has 36 heavy (non-hydrogen) atoms. The third-order valence-electron chi connectivity index (χ3n) is 6.36. The van der Waals surface area contributed by atoms with Crippen LogP contribution in [-0.2, 0) is 26.2 Å². The van der Waals surface area contributed by atoms with Crippen molar-refractivity contribution in [3.8, 4) is 0 Å². The lowest BCUT2D eigenvalue weighted by molar-refractivity contribution is -0.141. The third-order valence-corrected chi connectivity index (χ3v) is 8.28. The van der Waals surface area contributed by atoms with Gasteiger partial charge in [-0.05, 0) is 62.1 Å². The van der Waals surface area contributed by atoms with Crippen molar-refractivity contribution in [3.63, 3.8) is 0 Å². The minimum absolute atomic E-state index is 0.0988. The van der Waals surface area contributed by atoms with E-state index in [9.17, 15) is 18.0 Å². The van der Waals surface area contributed by atoms with Gasteiger partial charge in [0.15, 0.2) is 0 Å². The van der Waals surface area contributed by atoms with Crippen LogP contribution in [0.25, 0.3) is 0 Å². The van der Waals surface area contributed by atoms with Gasteiger partial charge in [0.25, 0.3) is 0 Å². The van der Waals surface area contributed by atoms with Crippen LogP contribution < -0.4 is 9.62 Å². The summed E-state index contributed by atoms with van der Waals surface area (Å²) in [7, 11) is -3.57. The number of hydrogen-bond acceptors (Lipinski definition) is 4. The van der Waals surface area contributed by atoms with Crippen molar-refractivity contribution in [1.82, 2.24) is 10.2 Å². The fraction of sp³-hybridized carbons (Fsp3) is 0.462. The molecule has 2 amide bonds. The van der Waals surface area contributed by atoms with E-state index >= 15 is 0 Å². The molecule has 0 spiro atoms. The highest BCUT2D eigenvalue weighted by Gasteiger charge is 2.28. The maximum Gasteiger partial charge on any atom is 0.242 e. The largest absolute Gasteiger partial charge is 0.352 e. The Labute approximate surface area is 227 Å². The smallest absolute Gasteiger partial charge is 0.242 e. The number of rotatable bonds is 11. The number of anilines is 1. The molecular formula is C26H33BrClN3O4S. The molecule has 10 heteroatoms. The second-order valence-corrected chi connectivity index (χ2v) is 12.5. The van der Waals surface area contributed by atoms with Crippen LogP contribution in [0, 0.1) is 0 Å². The molecule has 1 fully saturated rings. The molecule has 0 saturated heterocycles. The summed E-state index contributed by atoms with van der Waals surface area (Å²) in [5.41, 5.74) is 1.35. The van der Waals surface area contributed by atoms with Gasteiger partial charge in [-0.25, -0.2) is 8.42 Å². The number of halogens is 2. The van der Waals surface area contributed by atoms with Crippen LogP contribution in [0.1, 0.15) is 51.0 Å². The molecule has 7 nitrogen and oxygen atoms in total. The summed E-state index contributed by atoms with van der Waals surface area (Å²) < 4.78 is 27.0. The predicted octanol–water partition coefficient (Wildman–Crippen LogP) is 5.12. The summed E-state index contributed by atoms with van der Waals surface area (Å²) in [6.07, 6.45) is 5.65. The van der Waals surface area contributed by atoms with Crippen LogP contribution in [0.4, 0.5) is 5.69 Å². The zero-order chi connectivity index (χ0) is 26.3. The predicted molar refractivity (Wildman–Crippen MR) is 147 cm³/mol. The van der Waals surface area contributed by atoms with Crippen LogP contribution in [-0.4, -0.2) is 50.0 Å². The molecule has 0 bridgehead atoms. The Morgan fingerprint density at radius 2 is 1.83 bits per heavy atom. The molecule has 0 radical (unpaired) electrons. The van der Waals surface area contributed by atoms with Gasteiger partial charge in [0, 0.05) is 35.0 Å². The molecule has 0 heterocycles. The Bertz CT molecular complexity index is 1170. The average molecular weight is 599 g/mol. The highest BCUT2D eigenvalue weighted by atomic mass is 79.9. The Morgan fingerprint density at radius 3 is 2.47 bits per heavy atom. The fourth-order valence-corrected chi connectivity index (χ4v) is 6.03. The van der Waals surface area contributed by atoms with E-state index in [1.54, 1.807) is 36.1 Å². The first-order valence-corrected chi connectivity index (χ1v) is 15.1. The summed E-state index contributed by atoms with van der Waals surface area (Å²) in [6.45, 7) is 2.15. The van der Waals surface area contributed by atoms with E-state index in [2.05, 4.69) is 21.2 Å². The fourth-order valence-electron chi connectivity index (χ4n) is 4.44. The lowest BCUT2D eigenvalue weighted by atomic mass is 10.1. The highest BCUT2D eigenvalue weighted by molar-refractivity contribution is 9.10. The molecule has 2 aromatic rings. The van der Waals surface area contributed by atoms with Gasteiger partial charge in [-0.3, -0.25) is 13.9 Å². The van der Waals surface area contributed by atoms with E-state index in [1.807, 2.05) is 24.3 Å². The number of amides is 2. The van der Waals surface area contributed by atoms with Crippen molar-refractivity contribution >= 4 is 55.1 Å². The maximum atomic E-state index is 13.4. The topological polar surface area (TPSA) is 86.8 Å². The molecule has 196 valence electrons. The van der Waals surface area contributed by atoms with Crippen molar-refractivity contribution in [2.75, 3.05) is 17.1 Å². The monoisotopic (exact) mass is 597 g/mol. The summed E-state index contributed by atoms with van der Waals surface area (Å²) in [5.74, 6) is -0.370. The molecule has 3 rings (SSSR count). The van der Waals surface area contributed by atoms with Crippen molar-refractivity contribution in [2.45, 2.75) is 64.1 Å². The molecule has 0 aromatic heterocycles. The van der Waals surface area contributed by atoms with E-state index in [1.165, 1.54) is 4.31 Å². The van der Waals surface area contributed by atoms with E-state index in [4.69, 9.17) is 11.6 Å². The van der Waals surface area contributed by atoms with Gasteiger partial charge in [0.1, 0.15) is 6.04 Å². The zero-order valence-electron chi connectivity index (χ0n) is 20.6. The summed E-state index contributed by atoms with van der Waals surface area (Å²) >= 11 is 9.52. The number of carbonyl (C=O) groups is 2. The van der Waals surface area contributed by atoms with Crippen molar-refractivity contribution < 1.29 is 18.0 Å². The molecule has 1 atom stereocenters. The summed E-state index contributed by atoms with van der Waals surface area (Å²) in [6, 6.07) is 13.7. The summed E-state index contributed by atoms with van der Waals surface area (Å²) in [5, 5.41) is 3.52. The average Bonchev–Trinajstić information content (AvgIpc) is 3.32. The standard InChI is InChI=1S/C26H33BrClN3O4S/c1-19(26(33)29-23-11-3-4-12-23)30(18-20-8-5-9-21(27)16-20)25(32)14-7-15-31(36(2,34)35)24-13-6-10-22(28)17-24/h5-6,8-10,13,16-17,19,23H,3-4,7,11-12,14-15,18H2,1-2H3,(H,29,33). The molecule has 2 aromatic carbocycles. The van der Waals surface area contributed by atoms with Crippen LogP contribution in [0.3, 0.4) is 0 Å². The van der Waals surface area contributed by atoms with Crippen LogP contribution in [0.2, 0.25) is 5.02 Å². The van der Waals surface area contributed by atoms with Gasteiger partial charge in [-0.1, -0.05) is 58.6 Å². The van der Waals surface area contributed by atoms with Crippen molar-refractivity contribution in [3.05, 3.63) is 63.6 Å². The minimum atomic E-state index is -3.57. The van der Waals surface area contributed by atoms with Crippen LogP contribution in [0.5, 0.6) is 0 Å². The van der Waals surface area contributed by atoms with E-state index < -0.39 is 16.1 Å². The maximum absolute atomic E-state index is 13.4. The van der Waals surface area contributed by atoms with Crippen molar-refractivity contribution in [1.29, 1.82) is 0 Å². The number of nitrogens with one attached hydrogen (secondary N) is 1. The van der Waals surface area contributed by atoms with Gasteiger partial charge in [-0.15, -0.1) is 0 Å². The quantitative estimate of drug-likeness (QED) is 0.389.